The summed E-state index contributed by atoms with van der Waals surface area (Å²) in [4.78, 5) is 2.48. The predicted octanol–water partition coefficient (Wildman–Crippen LogP) is 5.73. The zero-order valence-electron chi connectivity index (χ0n) is 17.1. The van der Waals surface area contributed by atoms with Crippen LogP contribution in [-0.2, 0) is 11.8 Å². The Balaban J connectivity index is 1.67. The van der Waals surface area contributed by atoms with Crippen molar-refractivity contribution in [3.8, 4) is 6.07 Å². The fourth-order valence-corrected chi connectivity index (χ4v) is 4.39. The van der Waals surface area contributed by atoms with Crippen LogP contribution in [0.25, 0.3) is 0 Å². The smallest absolute Gasteiger partial charge is 0.128 e. The highest BCUT2D eigenvalue weighted by Gasteiger charge is 2.48. The second-order valence-corrected chi connectivity index (χ2v) is 8.09. The maximum Gasteiger partial charge on any atom is 0.128 e. The summed E-state index contributed by atoms with van der Waals surface area (Å²) in [7, 11) is 0. The van der Waals surface area contributed by atoms with Gasteiger partial charge in [-0.1, -0.05) is 55.5 Å². The number of hydrogen-bond donors (Lipinski definition) is 0. The minimum absolute atomic E-state index is 0.236. The van der Waals surface area contributed by atoms with Crippen LogP contribution in [-0.4, -0.2) is 24.0 Å². The van der Waals surface area contributed by atoms with Crippen LogP contribution in [0.15, 0.2) is 54.6 Å². The standard InChI is InChI=1S/C25H31FN2/c1-3-28(18-16-21-9-5-4-6-10-21)20(2)15-17-25(19-27,22-13-14-22)23-11-7-8-12-24(23)26/h4-12,20,22H,3,13-18H2,1-2H3. The quantitative estimate of drug-likeness (QED) is 0.528. The maximum atomic E-state index is 14.6. The highest BCUT2D eigenvalue weighted by Crippen LogP contribution is 2.50. The molecule has 2 unspecified atom stereocenters. The molecule has 0 aromatic heterocycles. The van der Waals surface area contributed by atoms with Gasteiger partial charge in [0.05, 0.1) is 11.5 Å². The van der Waals surface area contributed by atoms with Crippen LogP contribution in [0.3, 0.4) is 0 Å². The van der Waals surface area contributed by atoms with E-state index in [0.717, 1.165) is 45.2 Å². The predicted molar refractivity (Wildman–Crippen MR) is 113 cm³/mol. The molecule has 1 aliphatic rings. The van der Waals surface area contributed by atoms with E-state index in [0.29, 0.717) is 17.5 Å². The Kier molecular flexibility index (Phi) is 6.86. The molecule has 0 spiro atoms. The molecule has 0 amide bonds. The summed E-state index contributed by atoms with van der Waals surface area (Å²) >= 11 is 0. The van der Waals surface area contributed by atoms with Crippen molar-refractivity contribution < 1.29 is 4.39 Å². The topological polar surface area (TPSA) is 27.0 Å². The number of benzene rings is 2. The van der Waals surface area contributed by atoms with Crippen molar-refractivity contribution in [1.29, 1.82) is 5.26 Å². The number of nitrogens with zero attached hydrogens (tertiary/aromatic N) is 2. The van der Waals surface area contributed by atoms with Gasteiger partial charge in [-0.3, -0.25) is 0 Å². The Morgan fingerprint density at radius 3 is 2.43 bits per heavy atom. The average molecular weight is 379 g/mol. The van der Waals surface area contributed by atoms with E-state index in [1.807, 2.05) is 18.2 Å². The molecule has 0 aliphatic heterocycles. The van der Waals surface area contributed by atoms with Crippen molar-refractivity contribution in [2.75, 3.05) is 13.1 Å². The molecule has 2 atom stereocenters. The summed E-state index contributed by atoms with van der Waals surface area (Å²) in [6, 6.07) is 20.3. The monoisotopic (exact) mass is 378 g/mol. The Labute approximate surface area is 169 Å². The van der Waals surface area contributed by atoms with Gasteiger partial charge in [0.2, 0.25) is 0 Å². The molecule has 28 heavy (non-hydrogen) atoms. The summed E-state index contributed by atoms with van der Waals surface area (Å²) < 4.78 is 14.6. The van der Waals surface area contributed by atoms with E-state index in [4.69, 9.17) is 0 Å². The lowest BCUT2D eigenvalue weighted by molar-refractivity contribution is 0.199. The molecule has 0 bridgehead atoms. The largest absolute Gasteiger partial charge is 0.301 e. The lowest BCUT2D eigenvalue weighted by Crippen LogP contribution is -2.37. The zero-order chi connectivity index (χ0) is 20.0. The summed E-state index contributed by atoms with van der Waals surface area (Å²) in [6.07, 6.45) is 4.71. The molecule has 3 heteroatoms. The van der Waals surface area contributed by atoms with Gasteiger partial charge in [-0.05, 0) is 63.1 Å². The molecule has 2 aromatic rings. The fraction of sp³-hybridized carbons (Fsp3) is 0.480. The molecule has 1 fully saturated rings. The lowest BCUT2D eigenvalue weighted by atomic mass is 9.73. The summed E-state index contributed by atoms with van der Waals surface area (Å²) in [5, 5.41) is 10.1. The lowest BCUT2D eigenvalue weighted by Gasteiger charge is -2.33. The first-order valence-electron chi connectivity index (χ1n) is 10.5. The molecular formula is C25H31FN2. The third-order valence-electron chi connectivity index (χ3n) is 6.34. The second kappa shape index (κ2) is 9.34. The van der Waals surface area contributed by atoms with E-state index in [-0.39, 0.29) is 5.82 Å². The van der Waals surface area contributed by atoms with Gasteiger partial charge in [-0.2, -0.15) is 5.26 Å². The Bertz CT molecular complexity index is 794. The van der Waals surface area contributed by atoms with Gasteiger partial charge in [0.25, 0.3) is 0 Å². The minimum Gasteiger partial charge on any atom is -0.301 e. The third-order valence-corrected chi connectivity index (χ3v) is 6.34. The van der Waals surface area contributed by atoms with Crippen LogP contribution in [0.2, 0.25) is 0 Å². The zero-order valence-corrected chi connectivity index (χ0v) is 17.1. The van der Waals surface area contributed by atoms with E-state index < -0.39 is 5.41 Å². The number of rotatable bonds is 10. The van der Waals surface area contributed by atoms with Crippen molar-refractivity contribution in [2.24, 2.45) is 5.92 Å². The molecule has 3 rings (SSSR count). The molecule has 0 heterocycles. The van der Waals surface area contributed by atoms with Crippen LogP contribution < -0.4 is 0 Å². The van der Waals surface area contributed by atoms with Crippen LogP contribution >= 0.6 is 0 Å². The first-order valence-corrected chi connectivity index (χ1v) is 10.5. The van der Waals surface area contributed by atoms with Crippen molar-refractivity contribution in [2.45, 2.75) is 57.4 Å². The summed E-state index contributed by atoms with van der Waals surface area (Å²) in [5.74, 6) is 0.0565. The van der Waals surface area contributed by atoms with E-state index >= 15 is 0 Å². The number of halogens is 1. The SMILES string of the molecule is CCN(CCc1ccccc1)C(C)CCC(C#N)(c1ccccc1F)C1CC1. The van der Waals surface area contributed by atoms with Crippen LogP contribution in [0.4, 0.5) is 4.39 Å². The normalized spacial score (nSPS) is 17.1. The highest BCUT2D eigenvalue weighted by molar-refractivity contribution is 5.36. The van der Waals surface area contributed by atoms with E-state index in [1.165, 1.54) is 11.6 Å². The van der Waals surface area contributed by atoms with Crippen molar-refractivity contribution >= 4 is 0 Å². The van der Waals surface area contributed by atoms with Gasteiger partial charge in [-0.25, -0.2) is 4.39 Å². The van der Waals surface area contributed by atoms with Gasteiger partial charge in [0, 0.05) is 18.2 Å². The Morgan fingerprint density at radius 2 is 1.82 bits per heavy atom. The number of likely N-dealkylation sites (N-methyl/N-ethyl adjacent to an activating group) is 1. The minimum atomic E-state index is -0.682. The van der Waals surface area contributed by atoms with Crippen molar-refractivity contribution in [3.63, 3.8) is 0 Å². The first kappa shape index (κ1) is 20.6. The molecule has 148 valence electrons. The molecule has 0 N–H and O–H groups in total. The van der Waals surface area contributed by atoms with Crippen LogP contribution in [0.1, 0.15) is 50.7 Å². The molecule has 0 radical (unpaired) electrons. The van der Waals surface area contributed by atoms with Gasteiger partial charge in [0.1, 0.15) is 5.82 Å². The first-order chi connectivity index (χ1) is 13.6. The van der Waals surface area contributed by atoms with E-state index in [2.05, 4.69) is 49.1 Å². The average Bonchev–Trinajstić information content (AvgIpc) is 3.57. The van der Waals surface area contributed by atoms with Crippen molar-refractivity contribution in [1.82, 2.24) is 4.90 Å². The maximum absolute atomic E-state index is 14.6. The number of hydrogen-bond acceptors (Lipinski definition) is 2. The molecular weight excluding hydrogens is 347 g/mol. The van der Waals surface area contributed by atoms with Crippen LogP contribution in [0, 0.1) is 23.1 Å². The highest BCUT2D eigenvalue weighted by atomic mass is 19.1. The molecule has 0 saturated heterocycles. The van der Waals surface area contributed by atoms with Crippen LogP contribution in [0.5, 0.6) is 0 Å². The van der Waals surface area contributed by atoms with E-state index in [1.54, 1.807) is 6.07 Å². The Hall–Kier alpha value is -2.18. The molecule has 1 saturated carbocycles. The third kappa shape index (κ3) is 4.62. The molecule has 1 aliphatic carbocycles. The van der Waals surface area contributed by atoms with Gasteiger partial charge >= 0.3 is 0 Å². The molecule has 2 aromatic carbocycles. The van der Waals surface area contributed by atoms with Crippen molar-refractivity contribution in [3.05, 3.63) is 71.5 Å². The van der Waals surface area contributed by atoms with Gasteiger partial charge < -0.3 is 4.90 Å². The number of nitriles is 1. The van der Waals surface area contributed by atoms with E-state index in [9.17, 15) is 9.65 Å². The fourth-order valence-electron chi connectivity index (χ4n) is 4.39. The summed E-state index contributed by atoms with van der Waals surface area (Å²) in [6.45, 7) is 6.42. The molecule has 2 nitrogen and oxygen atoms in total. The summed E-state index contributed by atoms with van der Waals surface area (Å²) in [5.41, 5.74) is 1.27. The van der Waals surface area contributed by atoms with Gasteiger partial charge in [0.15, 0.2) is 0 Å². The second-order valence-electron chi connectivity index (χ2n) is 8.09. The Morgan fingerprint density at radius 1 is 1.14 bits per heavy atom. The van der Waals surface area contributed by atoms with Gasteiger partial charge in [-0.15, -0.1) is 0 Å².